The first kappa shape index (κ1) is 42.4. The second-order valence-electron chi connectivity index (χ2n) is 13.1. The number of H-pyrrole nitrogens is 1. The number of carbonyl (C=O) groups excluding carboxylic acids is 2. The van der Waals surface area contributed by atoms with E-state index in [-0.39, 0.29) is 24.5 Å². The predicted molar refractivity (Wildman–Crippen MR) is 218 cm³/mol. The summed E-state index contributed by atoms with van der Waals surface area (Å²) >= 11 is 0. The topological polar surface area (TPSA) is 126 Å². The van der Waals surface area contributed by atoms with Gasteiger partial charge in [0.05, 0.1) is 5.52 Å². The van der Waals surface area contributed by atoms with Gasteiger partial charge in [-0.1, -0.05) is 68.1 Å². The van der Waals surface area contributed by atoms with Crippen molar-refractivity contribution in [2.45, 2.75) is 39.4 Å². The molecule has 298 valence electrons. The van der Waals surface area contributed by atoms with Crippen molar-refractivity contribution in [1.82, 2.24) is 20.3 Å². The number of halogens is 3. The van der Waals surface area contributed by atoms with Crippen molar-refractivity contribution >= 4 is 23.7 Å². The number of rotatable bonds is 10. The average Bonchev–Trinajstić information content (AvgIpc) is 3.69. The Morgan fingerprint density at radius 3 is 1.79 bits per heavy atom. The molecule has 0 unspecified atom stereocenters. The van der Waals surface area contributed by atoms with E-state index in [1.165, 1.54) is 29.8 Å². The number of imidazole rings is 1. The van der Waals surface area contributed by atoms with Gasteiger partial charge in [0.2, 0.25) is 0 Å². The van der Waals surface area contributed by atoms with E-state index in [0.717, 1.165) is 60.8 Å². The number of nitrogens with zero attached hydrogens (tertiary/aromatic N) is 2. The minimum atomic E-state index is -0.774. The number of nitrogens with one attached hydrogen (secondary N) is 2. The number of ether oxygens (including phenoxy) is 2. The molecule has 1 saturated heterocycles. The normalized spacial score (nSPS) is 12.2. The van der Waals surface area contributed by atoms with Gasteiger partial charge in [0.15, 0.2) is 40.3 Å². The molecule has 0 saturated carbocycles. The number of phenols is 1. The van der Waals surface area contributed by atoms with Crippen LogP contribution >= 0.6 is 0 Å². The highest BCUT2D eigenvalue weighted by molar-refractivity contribution is 5.77. The van der Waals surface area contributed by atoms with Gasteiger partial charge in [0, 0.05) is 22.9 Å². The smallest absolute Gasteiger partial charge is 0.178 e. The van der Waals surface area contributed by atoms with Crippen LogP contribution in [0.3, 0.4) is 0 Å². The zero-order chi connectivity index (χ0) is 40.0. The average molecular weight is 789 g/mol. The zero-order valence-corrected chi connectivity index (χ0v) is 30.7. The number of aromatic amines is 1. The largest absolute Gasteiger partial charge is 0.505 e. The SMILES string of the molecule is C.Fc1cc(-c2nc3ncc(C4CCNCC4)cc3[nH]2)ccc1OCc1ccccc1.O=Cc1ccc(O)c(F)c1.O=Cc1ccc(OCc2ccccc2)c(F)c1. The Morgan fingerprint density at radius 1 is 0.690 bits per heavy atom. The molecule has 2 aromatic heterocycles. The van der Waals surface area contributed by atoms with E-state index >= 15 is 0 Å². The van der Waals surface area contributed by atoms with Crippen LogP contribution in [0.1, 0.15) is 63.6 Å². The number of pyridine rings is 1. The second kappa shape index (κ2) is 20.9. The first-order chi connectivity index (χ1) is 27.8. The highest BCUT2D eigenvalue weighted by Crippen LogP contribution is 2.29. The molecule has 0 spiro atoms. The van der Waals surface area contributed by atoms with Gasteiger partial charge in [-0.05, 0) is 109 Å². The Balaban J connectivity index is 0.000000192. The number of benzene rings is 5. The fourth-order valence-electron chi connectivity index (χ4n) is 5.97. The molecule has 1 fully saturated rings. The van der Waals surface area contributed by atoms with E-state index in [2.05, 4.69) is 26.3 Å². The van der Waals surface area contributed by atoms with Crippen LogP contribution in [0.2, 0.25) is 0 Å². The number of aromatic hydroxyl groups is 1. The Bertz CT molecular complexity index is 2410. The monoisotopic (exact) mass is 788 g/mol. The van der Waals surface area contributed by atoms with Gasteiger partial charge in [-0.2, -0.15) is 0 Å². The van der Waals surface area contributed by atoms with Crippen molar-refractivity contribution in [3.05, 3.63) is 173 Å². The summed E-state index contributed by atoms with van der Waals surface area (Å²) in [5.41, 5.74) is 5.90. The lowest BCUT2D eigenvalue weighted by Crippen LogP contribution is -2.26. The Labute approximate surface area is 334 Å². The van der Waals surface area contributed by atoms with E-state index in [1.807, 2.05) is 72.9 Å². The third-order valence-electron chi connectivity index (χ3n) is 9.05. The van der Waals surface area contributed by atoms with Crippen molar-refractivity contribution in [3.63, 3.8) is 0 Å². The molecule has 3 N–H and O–H groups in total. The minimum absolute atomic E-state index is 0. The van der Waals surface area contributed by atoms with Gasteiger partial charge < -0.3 is 24.9 Å². The molecular formula is C46H43F3N4O5. The molecule has 58 heavy (non-hydrogen) atoms. The van der Waals surface area contributed by atoms with Crippen LogP contribution in [0.15, 0.2) is 128 Å². The van der Waals surface area contributed by atoms with Crippen LogP contribution in [0, 0.1) is 17.5 Å². The summed E-state index contributed by atoms with van der Waals surface area (Å²) in [6.45, 7) is 2.70. The molecular weight excluding hydrogens is 746 g/mol. The third kappa shape index (κ3) is 11.6. The summed E-state index contributed by atoms with van der Waals surface area (Å²) < 4.78 is 51.4. The summed E-state index contributed by atoms with van der Waals surface area (Å²) in [7, 11) is 0. The number of carbonyl (C=O) groups is 2. The van der Waals surface area contributed by atoms with E-state index in [1.54, 1.807) is 6.07 Å². The highest BCUT2D eigenvalue weighted by atomic mass is 19.1. The van der Waals surface area contributed by atoms with E-state index in [4.69, 9.17) is 14.6 Å². The van der Waals surface area contributed by atoms with Crippen LogP contribution < -0.4 is 14.8 Å². The standard InChI is InChI=1S/C24H23FN4O.C14H11FO2.C7H5FO2.CH4/c25-20-12-18(6-7-22(20)30-15-16-4-2-1-3-5-16)23-28-21-13-19(14-27-24(21)29-23)17-8-10-26-11-9-17;15-13-8-12(9-16)6-7-14(13)17-10-11-4-2-1-3-5-11;8-6-3-5(4-9)1-2-7(6)10;/h1-7,12-14,17,26H,8-11,15H2,(H,27,28,29);1-9H,10H2;1-4,10H;1H4. The number of hydrogen-bond donors (Lipinski definition) is 3. The first-order valence-electron chi connectivity index (χ1n) is 18.2. The molecule has 0 radical (unpaired) electrons. The summed E-state index contributed by atoms with van der Waals surface area (Å²) in [6.07, 6.45) is 5.27. The number of aldehydes is 2. The van der Waals surface area contributed by atoms with Gasteiger partial charge in [0.25, 0.3) is 0 Å². The molecule has 0 atom stereocenters. The molecule has 3 heterocycles. The van der Waals surface area contributed by atoms with E-state index in [0.29, 0.717) is 54.3 Å². The molecule has 0 bridgehead atoms. The first-order valence-corrected chi connectivity index (χ1v) is 18.2. The second-order valence-corrected chi connectivity index (χ2v) is 13.1. The molecule has 7 aromatic rings. The maximum absolute atomic E-state index is 14.6. The lowest BCUT2D eigenvalue weighted by molar-refractivity contribution is 0.111. The Kier molecular flexibility index (Phi) is 15.3. The van der Waals surface area contributed by atoms with E-state index < -0.39 is 23.2 Å². The van der Waals surface area contributed by atoms with Crippen molar-refractivity contribution < 1.29 is 37.3 Å². The maximum atomic E-state index is 14.6. The van der Waals surface area contributed by atoms with Crippen molar-refractivity contribution in [1.29, 1.82) is 0 Å². The number of fused-ring (bicyclic) bond motifs is 1. The Morgan fingerprint density at radius 2 is 1.24 bits per heavy atom. The van der Waals surface area contributed by atoms with Gasteiger partial charge >= 0.3 is 0 Å². The predicted octanol–water partition coefficient (Wildman–Crippen LogP) is 10.0. The number of phenolic OH excluding ortho intramolecular Hbond substituents is 1. The van der Waals surface area contributed by atoms with Gasteiger partial charge in [-0.25, -0.2) is 23.1 Å². The molecule has 0 amide bonds. The Hall–Kier alpha value is -6.79. The molecule has 1 aliphatic rings. The number of hydrogen-bond acceptors (Lipinski definition) is 8. The quantitative estimate of drug-likeness (QED) is 0.117. The van der Waals surface area contributed by atoms with Crippen LogP contribution in [0.25, 0.3) is 22.6 Å². The van der Waals surface area contributed by atoms with Crippen molar-refractivity contribution in [2.24, 2.45) is 0 Å². The van der Waals surface area contributed by atoms with Crippen LogP contribution in [-0.4, -0.2) is 45.7 Å². The van der Waals surface area contributed by atoms with Gasteiger partial charge in [-0.15, -0.1) is 0 Å². The van der Waals surface area contributed by atoms with Gasteiger partial charge in [-0.3, -0.25) is 9.59 Å². The van der Waals surface area contributed by atoms with Gasteiger partial charge in [0.1, 0.15) is 31.6 Å². The fraction of sp³-hybridized carbons (Fsp3) is 0.174. The molecule has 1 aliphatic heterocycles. The number of piperidine rings is 1. The summed E-state index contributed by atoms with van der Waals surface area (Å²) in [5.74, 6) is -0.640. The molecule has 12 heteroatoms. The molecule has 8 rings (SSSR count). The zero-order valence-electron chi connectivity index (χ0n) is 30.7. The summed E-state index contributed by atoms with van der Waals surface area (Å²) in [6, 6.07) is 33.8. The van der Waals surface area contributed by atoms with E-state index in [9.17, 15) is 22.8 Å². The van der Waals surface area contributed by atoms with Crippen LogP contribution in [-0.2, 0) is 13.2 Å². The molecule has 0 aliphatic carbocycles. The minimum Gasteiger partial charge on any atom is -0.505 e. The molecule has 9 nitrogen and oxygen atoms in total. The fourth-order valence-corrected chi connectivity index (χ4v) is 5.97. The molecule has 5 aromatic carbocycles. The summed E-state index contributed by atoms with van der Waals surface area (Å²) in [4.78, 5) is 32.8. The van der Waals surface area contributed by atoms with Crippen LogP contribution in [0.4, 0.5) is 13.2 Å². The highest BCUT2D eigenvalue weighted by Gasteiger charge is 2.17. The summed E-state index contributed by atoms with van der Waals surface area (Å²) in [5, 5.41) is 12.0. The maximum Gasteiger partial charge on any atom is 0.178 e. The third-order valence-corrected chi connectivity index (χ3v) is 9.05. The van der Waals surface area contributed by atoms with Crippen molar-refractivity contribution in [3.8, 4) is 28.6 Å². The number of aromatic nitrogens is 3. The van der Waals surface area contributed by atoms with Crippen LogP contribution in [0.5, 0.6) is 17.2 Å². The lowest BCUT2D eigenvalue weighted by atomic mass is 9.91. The van der Waals surface area contributed by atoms with Crippen molar-refractivity contribution in [2.75, 3.05) is 13.1 Å². The lowest BCUT2D eigenvalue weighted by Gasteiger charge is -2.22.